The number of allylic oxidation sites excluding steroid dienone is 2. The second kappa shape index (κ2) is 8.30. The molecule has 1 aliphatic carbocycles. The van der Waals surface area contributed by atoms with Gasteiger partial charge in [0.25, 0.3) is 10.0 Å². The number of rotatable bonds is 5. The van der Waals surface area contributed by atoms with E-state index in [9.17, 15) is 8.42 Å². The average Bonchev–Trinajstić information content (AvgIpc) is 3.29. The molecule has 3 aromatic carbocycles. The molecular formula is C25H23BrN2O3S. The van der Waals surface area contributed by atoms with Gasteiger partial charge in [0, 0.05) is 27.3 Å². The molecule has 32 heavy (non-hydrogen) atoms. The molecule has 0 unspecified atom stereocenters. The highest BCUT2D eigenvalue weighted by atomic mass is 79.9. The summed E-state index contributed by atoms with van der Waals surface area (Å²) in [5, 5.41) is 3.66. The normalized spacial score (nSPS) is 21.4. The van der Waals surface area contributed by atoms with Gasteiger partial charge in [-0.1, -0.05) is 46.3 Å². The third-order valence-electron chi connectivity index (χ3n) is 6.20. The Labute approximate surface area is 196 Å². The highest BCUT2D eigenvalue weighted by Crippen LogP contribution is 2.51. The maximum Gasteiger partial charge on any atom is 0.261 e. The number of halogens is 1. The van der Waals surface area contributed by atoms with E-state index in [0.29, 0.717) is 5.69 Å². The van der Waals surface area contributed by atoms with Gasteiger partial charge in [0.05, 0.1) is 18.0 Å². The zero-order valence-corrected chi connectivity index (χ0v) is 19.9. The highest BCUT2D eigenvalue weighted by Gasteiger charge is 2.39. The first-order valence-electron chi connectivity index (χ1n) is 10.4. The number of ether oxygens (including phenoxy) is 1. The van der Waals surface area contributed by atoms with Gasteiger partial charge in [-0.15, -0.1) is 0 Å². The monoisotopic (exact) mass is 510 g/mol. The van der Waals surface area contributed by atoms with Crippen molar-refractivity contribution in [2.24, 2.45) is 5.92 Å². The molecule has 7 heteroatoms. The molecule has 2 aliphatic rings. The Morgan fingerprint density at radius 1 is 1.03 bits per heavy atom. The van der Waals surface area contributed by atoms with Gasteiger partial charge in [0.2, 0.25) is 0 Å². The fraction of sp³-hybridized carbons (Fsp3) is 0.200. The van der Waals surface area contributed by atoms with Crippen molar-refractivity contribution in [3.63, 3.8) is 0 Å². The van der Waals surface area contributed by atoms with Crippen LogP contribution in [0.5, 0.6) is 5.75 Å². The van der Waals surface area contributed by atoms with E-state index in [-0.39, 0.29) is 22.8 Å². The molecule has 0 saturated carbocycles. The van der Waals surface area contributed by atoms with Crippen molar-refractivity contribution in [3.8, 4) is 5.75 Å². The highest BCUT2D eigenvalue weighted by molar-refractivity contribution is 9.10. The maximum atomic E-state index is 13.0. The topological polar surface area (TPSA) is 67.4 Å². The summed E-state index contributed by atoms with van der Waals surface area (Å²) in [6.45, 7) is 0. The number of fused-ring (bicyclic) bond motifs is 3. The first-order chi connectivity index (χ1) is 15.5. The van der Waals surface area contributed by atoms with Crippen molar-refractivity contribution in [1.82, 2.24) is 0 Å². The quantitative estimate of drug-likeness (QED) is 0.407. The Bertz CT molecular complexity index is 1290. The Morgan fingerprint density at radius 3 is 2.62 bits per heavy atom. The van der Waals surface area contributed by atoms with Gasteiger partial charge in [-0.2, -0.15) is 0 Å². The summed E-state index contributed by atoms with van der Waals surface area (Å²) in [5.74, 6) is 1.24. The molecule has 0 amide bonds. The van der Waals surface area contributed by atoms with E-state index in [2.05, 4.69) is 44.2 Å². The summed E-state index contributed by atoms with van der Waals surface area (Å²) in [6, 6.07) is 20.4. The van der Waals surface area contributed by atoms with Crippen LogP contribution < -0.4 is 14.8 Å². The van der Waals surface area contributed by atoms with E-state index in [1.165, 1.54) is 0 Å². The van der Waals surface area contributed by atoms with Crippen LogP contribution in [0.4, 0.5) is 11.4 Å². The molecule has 0 bridgehead atoms. The zero-order chi connectivity index (χ0) is 22.3. The smallest absolute Gasteiger partial charge is 0.261 e. The molecule has 5 rings (SSSR count). The summed E-state index contributed by atoms with van der Waals surface area (Å²) in [5.41, 5.74) is 3.59. The third-order valence-corrected chi connectivity index (χ3v) is 8.07. The second-order valence-corrected chi connectivity index (χ2v) is 10.7. The van der Waals surface area contributed by atoms with Crippen molar-refractivity contribution >= 4 is 37.3 Å². The van der Waals surface area contributed by atoms with Crippen LogP contribution in [0.25, 0.3) is 0 Å². The van der Waals surface area contributed by atoms with Crippen LogP contribution in [0.2, 0.25) is 0 Å². The molecule has 5 nitrogen and oxygen atoms in total. The Kier molecular flexibility index (Phi) is 5.47. The summed E-state index contributed by atoms with van der Waals surface area (Å²) in [4.78, 5) is 0.263. The third kappa shape index (κ3) is 3.80. The first kappa shape index (κ1) is 21.1. The van der Waals surface area contributed by atoms with E-state index >= 15 is 0 Å². The van der Waals surface area contributed by atoms with Crippen molar-refractivity contribution in [2.45, 2.75) is 23.3 Å². The molecule has 0 aromatic heterocycles. The zero-order valence-electron chi connectivity index (χ0n) is 17.5. The average molecular weight is 511 g/mol. The number of para-hydroxylation sites is 1. The number of hydrogen-bond donors (Lipinski definition) is 2. The number of methoxy groups -OCH3 is 1. The van der Waals surface area contributed by atoms with Crippen LogP contribution in [0, 0.1) is 5.92 Å². The van der Waals surface area contributed by atoms with Crippen molar-refractivity contribution < 1.29 is 13.2 Å². The lowest BCUT2D eigenvalue weighted by atomic mass is 9.77. The van der Waals surface area contributed by atoms with Gasteiger partial charge in [-0.3, -0.25) is 4.72 Å². The molecule has 3 aromatic rings. The molecular weight excluding hydrogens is 488 g/mol. The van der Waals surface area contributed by atoms with Crippen LogP contribution in [0.1, 0.15) is 29.5 Å². The molecule has 0 fully saturated rings. The summed E-state index contributed by atoms with van der Waals surface area (Å²) < 4.78 is 35.3. The van der Waals surface area contributed by atoms with Crippen molar-refractivity contribution in [3.05, 3.63) is 94.5 Å². The van der Waals surface area contributed by atoms with Gasteiger partial charge < -0.3 is 10.1 Å². The van der Waals surface area contributed by atoms with Crippen LogP contribution in [0.15, 0.2) is 88.3 Å². The fourth-order valence-corrected chi connectivity index (χ4v) is 6.19. The van der Waals surface area contributed by atoms with E-state index in [0.717, 1.165) is 33.5 Å². The van der Waals surface area contributed by atoms with Gasteiger partial charge in [-0.05, 0) is 66.4 Å². The fourth-order valence-electron chi connectivity index (χ4n) is 4.72. The van der Waals surface area contributed by atoms with Crippen LogP contribution in [0.3, 0.4) is 0 Å². The van der Waals surface area contributed by atoms with Gasteiger partial charge in [0.15, 0.2) is 0 Å². The summed E-state index contributed by atoms with van der Waals surface area (Å²) in [7, 11) is -2.00. The minimum atomic E-state index is -3.69. The van der Waals surface area contributed by atoms with Crippen LogP contribution in [-0.4, -0.2) is 15.5 Å². The summed E-state index contributed by atoms with van der Waals surface area (Å²) >= 11 is 3.58. The Morgan fingerprint density at radius 2 is 1.84 bits per heavy atom. The maximum absolute atomic E-state index is 13.0. The molecule has 164 valence electrons. The van der Waals surface area contributed by atoms with Crippen LogP contribution in [-0.2, 0) is 10.0 Å². The van der Waals surface area contributed by atoms with E-state index in [1.54, 1.807) is 43.5 Å². The minimum absolute atomic E-state index is 0.0554. The molecule has 0 radical (unpaired) electrons. The SMILES string of the molecule is COc1ccc(Br)cc1[C@H]1Nc2ccc(S(=O)(=O)Nc3ccccc3)cc2[C@H]2C=CC[C@H]21. The predicted octanol–water partition coefficient (Wildman–Crippen LogP) is 6.09. The van der Waals surface area contributed by atoms with E-state index < -0.39 is 10.0 Å². The van der Waals surface area contributed by atoms with Gasteiger partial charge in [0.1, 0.15) is 5.75 Å². The van der Waals surface area contributed by atoms with Gasteiger partial charge >= 0.3 is 0 Å². The predicted molar refractivity (Wildman–Crippen MR) is 131 cm³/mol. The second-order valence-electron chi connectivity index (χ2n) is 8.08. The molecule has 0 saturated heterocycles. The lowest BCUT2D eigenvalue weighted by Gasteiger charge is -2.38. The van der Waals surface area contributed by atoms with E-state index in [1.807, 2.05) is 24.3 Å². The standard InChI is InChI=1S/C25H23BrN2O3S/c1-31-24-13-10-16(26)14-22(24)25-20-9-5-8-19(20)21-15-18(11-12-23(21)27-25)32(29,30)28-17-6-3-2-4-7-17/h2-8,10-15,19-20,25,27-28H,9H2,1H3/t19-,20+,25-/m0/s1. The van der Waals surface area contributed by atoms with E-state index in [4.69, 9.17) is 4.74 Å². The number of sulfonamides is 1. The molecule has 2 N–H and O–H groups in total. The Balaban J connectivity index is 1.52. The molecule has 3 atom stereocenters. The molecule has 0 spiro atoms. The van der Waals surface area contributed by atoms with Crippen LogP contribution >= 0.6 is 15.9 Å². The first-order valence-corrected chi connectivity index (χ1v) is 12.7. The van der Waals surface area contributed by atoms with Crippen molar-refractivity contribution in [2.75, 3.05) is 17.1 Å². The summed E-state index contributed by atoms with van der Waals surface area (Å²) in [6.07, 6.45) is 5.30. The lowest BCUT2D eigenvalue weighted by Crippen LogP contribution is -2.29. The number of hydrogen-bond acceptors (Lipinski definition) is 4. The lowest BCUT2D eigenvalue weighted by molar-refractivity contribution is 0.381. The largest absolute Gasteiger partial charge is 0.496 e. The number of nitrogens with one attached hydrogen (secondary N) is 2. The molecule has 1 aliphatic heterocycles. The van der Waals surface area contributed by atoms with Crippen molar-refractivity contribution in [1.29, 1.82) is 0 Å². The number of benzene rings is 3. The molecule has 1 heterocycles. The number of anilines is 2. The Hall–Kier alpha value is -2.77. The van der Waals surface area contributed by atoms with Gasteiger partial charge in [-0.25, -0.2) is 8.42 Å². The minimum Gasteiger partial charge on any atom is -0.496 e.